The Bertz CT molecular complexity index is 807. The summed E-state index contributed by atoms with van der Waals surface area (Å²) in [4.78, 5) is 25.7. The number of carboxylic acids is 1. The minimum atomic E-state index is -1.73. The topological polar surface area (TPSA) is 77.8 Å². The fourth-order valence-electron chi connectivity index (χ4n) is 3.20. The number of likely N-dealkylation sites (tertiary alicyclic amines) is 1. The molecule has 1 aliphatic heterocycles. The van der Waals surface area contributed by atoms with E-state index in [-0.39, 0.29) is 31.8 Å². The molecule has 0 bridgehead atoms. The van der Waals surface area contributed by atoms with E-state index in [2.05, 4.69) is 0 Å². The summed E-state index contributed by atoms with van der Waals surface area (Å²) in [6.45, 7) is 2.46. The minimum absolute atomic E-state index is 0.0423. The van der Waals surface area contributed by atoms with Crippen LogP contribution in [0.4, 0.5) is 0 Å². The molecule has 5 nitrogen and oxygen atoms in total. The monoisotopic (exact) mass is 339 g/mol. The Labute approximate surface area is 146 Å². The predicted molar refractivity (Wildman–Crippen MR) is 94.3 cm³/mol. The maximum Gasteiger partial charge on any atom is 0.335 e. The molecule has 0 aliphatic carbocycles. The normalized spacial score (nSPS) is 16.5. The van der Waals surface area contributed by atoms with Crippen molar-refractivity contribution in [1.29, 1.82) is 0 Å². The van der Waals surface area contributed by atoms with Gasteiger partial charge in [-0.2, -0.15) is 0 Å². The van der Waals surface area contributed by atoms with Crippen LogP contribution in [-0.4, -0.2) is 45.7 Å². The number of carboxylic acid groups (broad SMARTS) is 1. The van der Waals surface area contributed by atoms with E-state index >= 15 is 0 Å². The first-order valence-electron chi connectivity index (χ1n) is 8.32. The molecule has 2 aromatic rings. The highest BCUT2D eigenvalue weighted by Gasteiger charge is 2.40. The second-order valence-electron chi connectivity index (χ2n) is 6.54. The highest BCUT2D eigenvalue weighted by Crippen LogP contribution is 2.28. The number of benzene rings is 2. The van der Waals surface area contributed by atoms with Crippen molar-refractivity contribution in [1.82, 2.24) is 4.90 Å². The maximum atomic E-state index is 13.0. The fourth-order valence-corrected chi connectivity index (χ4v) is 3.20. The highest BCUT2D eigenvalue weighted by atomic mass is 16.4. The molecule has 0 radical (unpaired) electrons. The van der Waals surface area contributed by atoms with Crippen LogP contribution in [0.1, 0.15) is 28.8 Å². The largest absolute Gasteiger partial charge is 0.479 e. The number of nitrogens with zero attached hydrogens (tertiary/aromatic N) is 1. The zero-order valence-corrected chi connectivity index (χ0v) is 14.1. The van der Waals surface area contributed by atoms with Crippen molar-refractivity contribution < 1.29 is 19.8 Å². The van der Waals surface area contributed by atoms with E-state index < -0.39 is 11.6 Å². The first-order valence-corrected chi connectivity index (χ1v) is 8.32. The van der Waals surface area contributed by atoms with Gasteiger partial charge in [0.2, 0.25) is 0 Å². The summed E-state index contributed by atoms with van der Waals surface area (Å²) in [5, 5.41) is 19.1. The van der Waals surface area contributed by atoms with Crippen molar-refractivity contribution in [3.8, 4) is 11.1 Å². The molecule has 1 fully saturated rings. The Balaban J connectivity index is 1.86. The third-order valence-corrected chi connectivity index (χ3v) is 4.76. The summed E-state index contributed by atoms with van der Waals surface area (Å²) in [5.74, 6) is -1.36. The van der Waals surface area contributed by atoms with Gasteiger partial charge in [0.25, 0.3) is 5.91 Å². The van der Waals surface area contributed by atoms with Gasteiger partial charge in [-0.25, -0.2) is 4.79 Å². The summed E-state index contributed by atoms with van der Waals surface area (Å²) in [6.07, 6.45) is 0.0847. The summed E-state index contributed by atoms with van der Waals surface area (Å²) in [7, 11) is 0. The Hall–Kier alpha value is -2.66. The van der Waals surface area contributed by atoms with Gasteiger partial charge in [0.1, 0.15) is 0 Å². The number of rotatable bonds is 3. The van der Waals surface area contributed by atoms with Gasteiger partial charge < -0.3 is 15.1 Å². The molecule has 1 saturated heterocycles. The van der Waals surface area contributed by atoms with E-state index in [1.807, 2.05) is 49.4 Å². The summed E-state index contributed by atoms with van der Waals surface area (Å²) in [5.41, 5.74) is 1.81. The summed E-state index contributed by atoms with van der Waals surface area (Å²) in [6, 6.07) is 15.4. The third-order valence-electron chi connectivity index (χ3n) is 4.76. The number of piperidine rings is 1. The smallest absolute Gasteiger partial charge is 0.335 e. The number of amides is 1. The number of carbonyl (C=O) groups is 2. The lowest BCUT2D eigenvalue weighted by Crippen LogP contribution is -2.50. The van der Waals surface area contributed by atoms with Gasteiger partial charge in [0.05, 0.1) is 0 Å². The van der Waals surface area contributed by atoms with Crippen LogP contribution >= 0.6 is 0 Å². The third kappa shape index (κ3) is 3.42. The van der Waals surface area contributed by atoms with Crippen molar-refractivity contribution in [3.63, 3.8) is 0 Å². The number of aliphatic carboxylic acids is 1. The summed E-state index contributed by atoms with van der Waals surface area (Å²) >= 11 is 0. The Morgan fingerprint density at radius 2 is 1.72 bits per heavy atom. The first-order chi connectivity index (χ1) is 11.9. The molecule has 25 heavy (non-hydrogen) atoms. The average molecular weight is 339 g/mol. The quantitative estimate of drug-likeness (QED) is 0.901. The van der Waals surface area contributed by atoms with E-state index in [1.165, 1.54) is 0 Å². The van der Waals surface area contributed by atoms with Gasteiger partial charge >= 0.3 is 5.97 Å². The van der Waals surface area contributed by atoms with Gasteiger partial charge in [-0.3, -0.25) is 4.79 Å². The van der Waals surface area contributed by atoms with Crippen LogP contribution in [-0.2, 0) is 4.79 Å². The van der Waals surface area contributed by atoms with Gasteiger partial charge in [0, 0.05) is 31.5 Å². The maximum absolute atomic E-state index is 13.0. The van der Waals surface area contributed by atoms with E-state index in [0.717, 1.165) is 16.7 Å². The molecule has 1 heterocycles. The molecule has 2 aromatic carbocycles. The summed E-state index contributed by atoms with van der Waals surface area (Å²) < 4.78 is 0. The van der Waals surface area contributed by atoms with Crippen molar-refractivity contribution in [2.24, 2.45) is 0 Å². The molecule has 0 spiro atoms. The lowest BCUT2D eigenvalue weighted by atomic mass is 9.90. The lowest BCUT2D eigenvalue weighted by molar-refractivity contribution is -0.162. The Morgan fingerprint density at radius 1 is 1.04 bits per heavy atom. The number of aliphatic hydroxyl groups is 1. The first kappa shape index (κ1) is 17.2. The van der Waals surface area contributed by atoms with Crippen LogP contribution in [0.25, 0.3) is 11.1 Å². The minimum Gasteiger partial charge on any atom is -0.479 e. The van der Waals surface area contributed by atoms with Crippen molar-refractivity contribution in [2.45, 2.75) is 25.4 Å². The van der Waals surface area contributed by atoms with Crippen LogP contribution in [0, 0.1) is 6.92 Å². The molecule has 130 valence electrons. The van der Waals surface area contributed by atoms with Crippen molar-refractivity contribution in [2.75, 3.05) is 13.1 Å². The molecule has 0 saturated carbocycles. The van der Waals surface area contributed by atoms with E-state index in [1.54, 1.807) is 11.0 Å². The van der Waals surface area contributed by atoms with Crippen LogP contribution in [0.3, 0.4) is 0 Å². The molecule has 0 atom stereocenters. The number of hydrogen-bond acceptors (Lipinski definition) is 3. The molecule has 0 aromatic heterocycles. The molecule has 0 unspecified atom stereocenters. The van der Waals surface area contributed by atoms with Gasteiger partial charge in [-0.05, 0) is 24.1 Å². The van der Waals surface area contributed by atoms with Crippen molar-refractivity contribution in [3.05, 3.63) is 59.7 Å². The molecule has 3 rings (SSSR count). The van der Waals surface area contributed by atoms with Crippen LogP contribution in [0.5, 0.6) is 0 Å². The molecule has 5 heteroatoms. The zero-order chi connectivity index (χ0) is 18.0. The number of carbonyl (C=O) groups excluding carboxylic acids is 1. The van der Waals surface area contributed by atoms with E-state index in [4.69, 9.17) is 5.11 Å². The molecular weight excluding hydrogens is 318 g/mol. The molecular formula is C20H21NO4. The van der Waals surface area contributed by atoms with Crippen molar-refractivity contribution >= 4 is 11.9 Å². The Kier molecular flexibility index (Phi) is 4.59. The second kappa shape index (κ2) is 6.69. The second-order valence-corrected chi connectivity index (χ2v) is 6.54. The SMILES string of the molecule is Cc1cccc(-c2ccccc2C(=O)N2CCC(O)(C(=O)O)CC2)c1. The van der Waals surface area contributed by atoms with Gasteiger partial charge in [-0.1, -0.05) is 48.0 Å². The van der Waals surface area contributed by atoms with Gasteiger partial charge in [0.15, 0.2) is 5.60 Å². The standard InChI is InChI=1S/C20H21NO4/c1-14-5-4-6-15(13-14)16-7-2-3-8-17(16)18(22)21-11-9-20(25,10-12-21)19(23)24/h2-8,13,25H,9-12H2,1H3,(H,23,24). The molecule has 1 aliphatic rings. The highest BCUT2D eigenvalue weighted by molar-refractivity contribution is 6.01. The predicted octanol–water partition coefficient (Wildman–Crippen LogP) is 2.71. The van der Waals surface area contributed by atoms with Crippen LogP contribution in [0.15, 0.2) is 48.5 Å². The molecule has 2 N–H and O–H groups in total. The number of aryl methyl sites for hydroxylation is 1. The zero-order valence-electron chi connectivity index (χ0n) is 14.1. The van der Waals surface area contributed by atoms with Crippen LogP contribution in [0.2, 0.25) is 0 Å². The molecule has 1 amide bonds. The van der Waals surface area contributed by atoms with E-state index in [0.29, 0.717) is 5.56 Å². The van der Waals surface area contributed by atoms with E-state index in [9.17, 15) is 14.7 Å². The number of hydrogen-bond donors (Lipinski definition) is 2. The Morgan fingerprint density at radius 3 is 2.36 bits per heavy atom. The average Bonchev–Trinajstić information content (AvgIpc) is 2.62. The van der Waals surface area contributed by atoms with Crippen LogP contribution < -0.4 is 0 Å². The lowest BCUT2D eigenvalue weighted by Gasteiger charge is -2.35. The fraction of sp³-hybridized carbons (Fsp3) is 0.300. The van der Waals surface area contributed by atoms with Gasteiger partial charge in [-0.15, -0.1) is 0 Å².